The molecule has 0 radical (unpaired) electrons. The number of hydrogen-bond acceptors (Lipinski definition) is 6. The van der Waals surface area contributed by atoms with Gasteiger partial charge in [0, 0.05) is 33.1 Å². The van der Waals surface area contributed by atoms with Crippen molar-refractivity contribution in [2.24, 2.45) is 0 Å². The quantitative estimate of drug-likeness (QED) is 0.831. The molecule has 1 fully saturated rings. The summed E-state index contributed by atoms with van der Waals surface area (Å²) in [5.74, 6) is 1.11. The largest absolute Gasteiger partial charge is 0.424 e. The Labute approximate surface area is 142 Å². The zero-order valence-electron chi connectivity index (χ0n) is 14.2. The van der Waals surface area contributed by atoms with E-state index in [0.29, 0.717) is 49.4 Å². The Kier molecular flexibility index (Phi) is 4.71. The van der Waals surface area contributed by atoms with Crippen molar-refractivity contribution in [1.29, 1.82) is 0 Å². The molecule has 1 aliphatic heterocycles. The molecule has 1 aliphatic rings. The summed E-state index contributed by atoms with van der Waals surface area (Å²) in [5, 5.41) is 7.79. The molecule has 8 heteroatoms. The van der Waals surface area contributed by atoms with E-state index in [4.69, 9.17) is 4.42 Å². The maximum atomic E-state index is 12.8. The first-order valence-corrected chi connectivity index (χ1v) is 9.39. The summed E-state index contributed by atoms with van der Waals surface area (Å²) >= 11 is 0. The van der Waals surface area contributed by atoms with E-state index in [1.165, 1.54) is 0 Å². The Morgan fingerprint density at radius 3 is 2.33 bits per heavy atom. The average molecular weight is 350 g/mol. The van der Waals surface area contributed by atoms with Gasteiger partial charge in [-0.25, -0.2) is 8.42 Å². The summed E-state index contributed by atoms with van der Waals surface area (Å²) in [6.07, 6.45) is 0. The first-order valence-electron chi connectivity index (χ1n) is 7.95. The molecule has 0 saturated carbocycles. The highest BCUT2D eigenvalue weighted by Crippen LogP contribution is 2.20. The number of sulfonamides is 1. The van der Waals surface area contributed by atoms with Crippen molar-refractivity contribution in [2.75, 3.05) is 26.2 Å². The van der Waals surface area contributed by atoms with Crippen LogP contribution in [0.1, 0.15) is 22.9 Å². The third-order valence-corrected chi connectivity index (χ3v) is 6.27. The van der Waals surface area contributed by atoms with Gasteiger partial charge < -0.3 is 4.42 Å². The minimum absolute atomic E-state index is 0.367. The number of aryl methyl sites for hydroxylation is 3. The summed E-state index contributed by atoms with van der Waals surface area (Å²) < 4.78 is 32.5. The van der Waals surface area contributed by atoms with Gasteiger partial charge in [-0.05, 0) is 37.1 Å². The molecule has 130 valence electrons. The monoisotopic (exact) mass is 350 g/mol. The van der Waals surface area contributed by atoms with Crippen LogP contribution in [0, 0.1) is 20.8 Å². The minimum atomic E-state index is -3.44. The van der Waals surface area contributed by atoms with Crippen molar-refractivity contribution in [3.63, 3.8) is 0 Å². The van der Waals surface area contributed by atoms with E-state index in [2.05, 4.69) is 15.1 Å². The van der Waals surface area contributed by atoms with Crippen LogP contribution >= 0.6 is 0 Å². The maximum absolute atomic E-state index is 12.8. The van der Waals surface area contributed by atoms with Crippen molar-refractivity contribution in [3.8, 4) is 0 Å². The van der Waals surface area contributed by atoms with E-state index in [1.54, 1.807) is 23.4 Å². The van der Waals surface area contributed by atoms with Crippen LogP contribution < -0.4 is 0 Å². The molecule has 0 spiro atoms. The molecule has 1 aromatic carbocycles. The SMILES string of the molecule is Cc1nnc(CN2CCN(S(=O)(=O)c3ccc(C)c(C)c3)CC2)o1. The van der Waals surface area contributed by atoms with E-state index >= 15 is 0 Å². The average Bonchev–Trinajstić information content (AvgIpc) is 2.95. The van der Waals surface area contributed by atoms with Crippen LogP contribution in [-0.4, -0.2) is 54.0 Å². The van der Waals surface area contributed by atoms with Crippen molar-refractivity contribution >= 4 is 10.0 Å². The van der Waals surface area contributed by atoms with Gasteiger partial charge in [-0.15, -0.1) is 10.2 Å². The molecule has 0 amide bonds. The van der Waals surface area contributed by atoms with Gasteiger partial charge in [0.1, 0.15) is 0 Å². The van der Waals surface area contributed by atoms with Crippen LogP contribution in [0.2, 0.25) is 0 Å². The Morgan fingerprint density at radius 2 is 1.75 bits per heavy atom. The highest BCUT2D eigenvalue weighted by atomic mass is 32.2. The molecule has 0 N–H and O–H groups in total. The molecule has 7 nitrogen and oxygen atoms in total. The molecule has 2 heterocycles. The molecule has 24 heavy (non-hydrogen) atoms. The van der Waals surface area contributed by atoms with Crippen molar-refractivity contribution < 1.29 is 12.8 Å². The predicted molar refractivity (Wildman–Crippen MR) is 89.0 cm³/mol. The molecule has 0 bridgehead atoms. The molecule has 1 saturated heterocycles. The summed E-state index contributed by atoms with van der Waals surface area (Å²) in [7, 11) is -3.44. The Morgan fingerprint density at radius 1 is 1.04 bits per heavy atom. The van der Waals surface area contributed by atoms with Crippen LogP contribution in [0.15, 0.2) is 27.5 Å². The van der Waals surface area contributed by atoms with Crippen LogP contribution in [0.25, 0.3) is 0 Å². The van der Waals surface area contributed by atoms with Crippen LogP contribution in [0.5, 0.6) is 0 Å². The lowest BCUT2D eigenvalue weighted by Crippen LogP contribution is -2.48. The highest BCUT2D eigenvalue weighted by molar-refractivity contribution is 7.89. The predicted octanol–water partition coefficient (Wildman–Crippen LogP) is 1.50. The highest BCUT2D eigenvalue weighted by Gasteiger charge is 2.29. The van der Waals surface area contributed by atoms with Gasteiger partial charge >= 0.3 is 0 Å². The summed E-state index contributed by atoms with van der Waals surface area (Å²) in [6, 6.07) is 5.29. The van der Waals surface area contributed by atoms with Gasteiger partial charge in [0.25, 0.3) is 0 Å². The Hall–Kier alpha value is -1.77. The van der Waals surface area contributed by atoms with Gasteiger partial charge in [-0.2, -0.15) is 4.31 Å². The molecule has 1 aromatic heterocycles. The third-order valence-electron chi connectivity index (χ3n) is 4.37. The lowest BCUT2D eigenvalue weighted by atomic mass is 10.1. The molecular weight excluding hydrogens is 328 g/mol. The van der Waals surface area contributed by atoms with Gasteiger partial charge in [-0.1, -0.05) is 6.07 Å². The molecule has 3 rings (SSSR count). The summed E-state index contributed by atoms with van der Waals surface area (Å²) in [6.45, 7) is 8.42. The smallest absolute Gasteiger partial charge is 0.243 e. The van der Waals surface area contributed by atoms with E-state index in [1.807, 2.05) is 19.9 Å². The number of rotatable bonds is 4. The summed E-state index contributed by atoms with van der Waals surface area (Å²) in [4.78, 5) is 2.49. The van der Waals surface area contributed by atoms with Gasteiger partial charge in [0.2, 0.25) is 21.8 Å². The van der Waals surface area contributed by atoms with Crippen molar-refractivity contribution in [3.05, 3.63) is 41.1 Å². The molecule has 0 aliphatic carbocycles. The number of nitrogens with zero attached hydrogens (tertiary/aromatic N) is 4. The van der Waals surface area contributed by atoms with E-state index in [0.717, 1.165) is 11.1 Å². The number of aromatic nitrogens is 2. The number of piperazine rings is 1. The Bertz CT molecular complexity index is 824. The summed E-state index contributed by atoms with van der Waals surface area (Å²) in [5.41, 5.74) is 2.08. The fraction of sp³-hybridized carbons (Fsp3) is 0.500. The van der Waals surface area contributed by atoms with Crippen molar-refractivity contribution in [2.45, 2.75) is 32.2 Å². The molecule has 2 aromatic rings. The second-order valence-electron chi connectivity index (χ2n) is 6.14. The van der Waals surface area contributed by atoms with Gasteiger partial charge in [-0.3, -0.25) is 4.90 Å². The fourth-order valence-electron chi connectivity index (χ4n) is 2.74. The third kappa shape index (κ3) is 3.50. The zero-order chi connectivity index (χ0) is 17.3. The van der Waals surface area contributed by atoms with E-state index < -0.39 is 10.0 Å². The maximum Gasteiger partial charge on any atom is 0.243 e. The molecule has 0 atom stereocenters. The van der Waals surface area contributed by atoms with E-state index in [-0.39, 0.29) is 0 Å². The Balaban J connectivity index is 1.65. The lowest BCUT2D eigenvalue weighted by molar-refractivity contribution is 0.167. The standard InChI is InChI=1S/C16H22N4O3S/c1-12-4-5-15(10-13(12)2)24(21,22)20-8-6-19(7-9-20)11-16-18-17-14(3)23-16/h4-5,10H,6-9,11H2,1-3H3. The first-order chi connectivity index (χ1) is 11.4. The van der Waals surface area contributed by atoms with Crippen molar-refractivity contribution in [1.82, 2.24) is 19.4 Å². The second-order valence-corrected chi connectivity index (χ2v) is 8.08. The molecule has 0 unspecified atom stereocenters. The second kappa shape index (κ2) is 6.62. The topological polar surface area (TPSA) is 79.5 Å². The van der Waals surface area contributed by atoms with Crippen LogP contribution in [0.4, 0.5) is 0 Å². The zero-order valence-corrected chi connectivity index (χ0v) is 15.0. The van der Waals surface area contributed by atoms with E-state index in [9.17, 15) is 8.42 Å². The minimum Gasteiger partial charge on any atom is -0.424 e. The van der Waals surface area contributed by atoms with Crippen LogP contribution in [0.3, 0.4) is 0 Å². The lowest BCUT2D eigenvalue weighted by Gasteiger charge is -2.33. The normalized spacial score (nSPS) is 17.3. The molecular formula is C16H22N4O3S. The van der Waals surface area contributed by atoms with Crippen LogP contribution in [-0.2, 0) is 16.6 Å². The first kappa shape index (κ1) is 17.1. The number of benzene rings is 1. The number of hydrogen-bond donors (Lipinski definition) is 0. The fourth-order valence-corrected chi connectivity index (χ4v) is 4.25. The van der Waals surface area contributed by atoms with Gasteiger partial charge in [0.05, 0.1) is 11.4 Å². The van der Waals surface area contributed by atoms with Gasteiger partial charge in [0.15, 0.2) is 0 Å².